The van der Waals surface area contributed by atoms with Gasteiger partial charge in [0.2, 0.25) is 11.8 Å². The minimum Gasteiger partial charge on any atom is -0.477 e. The number of hydrogen-bond donors (Lipinski definition) is 2. The summed E-state index contributed by atoms with van der Waals surface area (Å²) in [4.78, 5) is 10.8. The SMILES string of the molecule is Cc1cccc(C)c1-c1cc2nc(n1)NSc1cccc(c1)C(CCC1CC(CO)C1)C(CC(C)(C)C)CO2. The van der Waals surface area contributed by atoms with Gasteiger partial charge in [0.05, 0.1) is 12.3 Å². The van der Waals surface area contributed by atoms with E-state index in [2.05, 4.69) is 81.8 Å². The van der Waals surface area contributed by atoms with Gasteiger partial charge >= 0.3 is 0 Å². The fraction of sp³-hybridized carbons (Fsp3) is 0.515. The molecule has 2 aromatic carbocycles. The summed E-state index contributed by atoms with van der Waals surface area (Å²) in [7, 11) is 0. The molecule has 1 saturated carbocycles. The van der Waals surface area contributed by atoms with Gasteiger partial charge < -0.3 is 9.84 Å². The van der Waals surface area contributed by atoms with E-state index in [0.717, 1.165) is 42.9 Å². The van der Waals surface area contributed by atoms with E-state index in [4.69, 9.17) is 14.7 Å². The maximum atomic E-state index is 9.50. The minimum absolute atomic E-state index is 0.177. The van der Waals surface area contributed by atoms with Gasteiger partial charge in [-0.3, -0.25) is 4.72 Å². The Kier molecular flexibility index (Phi) is 8.53. The zero-order valence-corrected chi connectivity index (χ0v) is 24.9. The third kappa shape index (κ3) is 6.96. The number of aliphatic hydroxyl groups excluding tert-OH is 1. The molecule has 5 rings (SSSR count). The molecule has 1 aliphatic heterocycles. The summed E-state index contributed by atoms with van der Waals surface area (Å²) in [5, 5.41) is 9.50. The number of rotatable bonds is 6. The molecule has 2 heterocycles. The zero-order valence-electron chi connectivity index (χ0n) is 24.0. The molecule has 0 spiro atoms. The van der Waals surface area contributed by atoms with E-state index >= 15 is 0 Å². The first-order chi connectivity index (χ1) is 18.7. The first kappa shape index (κ1) is 28.0. The molecule has 2 N–H and O–H groups in total. The predicted octanol–water partition coefficient (Wildman–Crippen LogP) is 8.21. The largest absolute Gasteiger partial charge is 0.477 e. The third-order valence-electron chi connectivity index (χ3n) is 8.35. The van der Waals surface area contributed by atoms with Crippen molar-refractivity contribution in [3.63, 3.8) is 0 Å². The fourth-order valence-electron chi connectivity index (χ4n) is 6.45. The number of aliphatic hydroxyl groups is 1. The van der Waals surface area contributed by atoms with Gasteiger partial charge in [-0.2, -0.15) is 4.98 Å². The summed E-state index contributed by atoms with van der Waals surface area (Å²) in [6, 6.07) is 17.3. The second-order valence-corrected chi connectivity index (χ2v) is 13.7. The van der Waals surface area contributed by atoms with Crippen LogP contribution in [0.4, 0.5) is 5.95 Å². The minimum atomic E-state index is 0.177. The van der Waals surface area contributed by atoms with E-state index < -0.39 is 0 Å². The highest BCUT2D eigenvalue weighted by molar-refractivity contribution is 8.00. The lowest BCUT2D eigenvalue weighted by molar-refractivity contribution is 0.0940. The predicted molar refractivity (Wildman–Crippen MR) is 161 cm³/mol. The van der Waals surface area contributed by atoms with Gasteiger partial charge in [-0.1, -0.05) is 51.1 Å². The lowest BCUT2D eigenvalue weighted by atomic mass is 9.69. The highest BCUT2D eigenvalue weighted by atomic mass is 32.2. The molecule has 1 aromatic heterocycles. The van der Waals surface area contributed by atoms with Gasteiger partial charge in [-0.15, -0.1) is 0 Å². The van der Waals surface area contributed by atoms with Crippen LogP contribution in [0.5, 0.6) is 5.88 Å². The van der Waals surface area contributed by atoms with Crippen LogP contribution < -0.4 is 9.46 Å². The van der Waals surface area contributed by atoms with Crippen molar-refractivity contribution < 1.29 is 9.84 Å². The number of aromatic nitrogens is 2. The maximum Gasteiger partial charge on any atom is 0.237 e. The molecule has 1 fully saturated rings. The summed E-state index contributed by atoms with van der Waals surface area (Å²) in [5.74, 6) is 3.17. The number of benzene rings is 2. The Bertz CT molecular complexity index is 1260. The Morgan fingerprint density at radius 3 is 2.44 bits per heavy atom. The molecule has 2 atom stereocenters. The average molecular weight is 546 g/mol. The molecule has 4 bridgehead atoms. The third-order valence-corrected chi connectivity index (χ3v) is 9.13. The van der Waals surface area contributed by atoms with Gasteiger partial charge in [0.25, 0.3) is 0 Å². The number of hydrogen-bond acceptors (Lipinski definition) is 6. The highest BCUT2D eigenvalue weighted by Gasteiger charge is 2.33. The lowest BCUT2D eigenvalue weighted by Crippen LogP contribution is -2.29. The van der Waals surface area contributed by atoms with Crippen molar-refractivity contribution in [3.8, 4) is 17.1 Å². The van der Waals surface area contributed by atoms with Gasteiger partial charge in [0.1, 0.15) is 0 Å². The van der Waals surface area contributed by atoms with Crippen molar-refractivity contribution in [1.29, 1.82) is 0 Å². The first-order valence-corrected chi connectivity index (χ1v) is 15.2. The summed E-state index contributed by atoms with van der Waals surface area (Å²) < 4.78 is 9.96. The molecule has 0 radical (unpaired) electrons. The Morgan fingerprint density at radius 1 is 0.974 bits per heavy atom. The molecule has 1 aliphatic carbocycles. The second kappa shape index (κ2) is 11.9. The van der Waals surface area contributed by atoms with Crippen molar-refractivity contribution in [1.82, 2.24) is 9.97 Å². The van der Waals surface area contributed by atoms with Crippen LogP contribution >= 0.6 is 11.9 Å². The Balaban J connectivity index is 1.49. The van der Waals surface area contributed by atoms with Gasteiger partial charge in [-0.25, -0.2) is 4.98 Å². The monoisotopic (exact) mass is 545 g/mol. The Morgan fingerprint density at radius 2 is 1.72 bits per heavy atom. The van der Waals surface area contributed by atoms with E-state index in [9.17, 15) is 5.11 Å². The number of nitrogens with zero attached hydrogens (tertiary/aromatic N) is 2. The molecule has 208 valence electrons. The number of fused-ring (bicyclic) bond motifs is 4. The number of ether oxygens (including phenoxy) is 1. The van der Waals surface area contributed by atoms with Gasteiger partial charge in [0, 0.05) is 29.1 Å². The highest BCUT2D eigenvalue weighted by Crippen LogP contribution is 2.43. The molecule has 39 heavy (non-hydrogen) atoms. The van der Waals surface area contributed by atoms with Gasteiger partial charge in [-0.05, 0) is 110 Å². The van der Waals surface area contributed by atoms with Gasteiger partial charge in [0.15, 0.2) is 0 Å². The van der Waals surface area contributed by atoms with Crippen molar-refractivity contribution in [2.75, 3.05) is 17.9 Å². The van der Waals surface area contributed by atoms with E-state index in [1.54, 1.807) is 11.9 Å². The van der Waals surface area contributed by atoms with Crippen LogP contribution in [0.1, 0.15) is 75.5 Å². The first-order valence-electron chi connectivity index (χ1n) is 14.4. The quantitative estimate of drug-likeness (QED) is 0.304. The Hall–Kier alpha value is -2.57. The molecular formula is C33H43N3O2S. The van der Waals surface area contributed by atoms with Crippen molar-refractivity contribution in [3.05, 3.63) is 65.2 Å². The lowest BCUT2D eigenvalue weighted by Gasteiger charge is -2.37. The van der Waals surface area contributed by atoms with Crippen LogP contribution in [-0.2, 0) is 0 Å². The van der Waals surface area contributed by atoms with E-state index in [-0.39, 0.29) is 5.41 Å². The molecule has 5 nitrogen and oxygen atoms in total. The van der Waals surface area contributed by atoms with Crippen molar-refractivity contribution in [2.24, 2.45) is 23.2 Å². The van der Waals surface area contributed by atoms with Crippen LogP contribution in [-0.4, -0.2) is 28.3 Å². The van der Waals surface area contributed by atoms with E-state index in [0.29, 0.717) is 42.8 Å². The summed E-state index contributed by atoms with van der Waals surface area (Å²) in [6.45, 7) is 12.2. The summed E-state index contributed by atoms with van der Waals surface area (Å²) in [5.41, 5.74) is 5.97. The molecule has 3 aromatic rings. The number of anilines is 1. The van der Waals surface area contributed by atoms with Crippen LogP contribution in [0, 0.1) is 37.0 Å². The van der Waals surface area contributed by atoms with E-state index in [1.165, 1.54) is 28.0 Å². The maximum absolute atomic E-state index is 9.50. The van der Waals surface area contributed by atoms with Crippen LogP contribution in [0.15, 0.2) is 53.4 Å². The standard InChI is InChI=1S/C33H43N3O2S/c1-21-8-6-9-22(2)31(21)29-17-30-35-32(34-29)36-39-27-11-7-10-25(16-27)28(13-12-23-14-24(15-23)19-37)26(20-38-30)18-33(3,4)5/h6-11,16-17,23-24,26,28,37H,12-15,18-20H2,1-5H3,(H,34,35,36). The second-order valence-electron chi connectivity index (χ2n) is 12.9. The van der Waals surface area contributed by atoms with E-state index in [1.807, 2.05) is 6.07 Å². The van der Waals surface area contributed by atoms with Crippen LogP contribution in [0.25, 0.3) is 11.3 Å². The summed E-state index contributed by atoms with van der Waals surface area (Å²) in [6.07, 6.45) is 5.73. The molecule has 0 saturated heterocycles. The number of nitrogens with one attached hydrogen (secondary N) is 1. The molecular weight excluding hydrogens is 502 g/mol. The van der Waals surface area contributed by atoms with Crippen LogP contribution in [0.3, 0.4) is 0 Å². The average Bonchev–Trinajstić information content (AvgIpc) is 2.86. The molecule has 2 unspecified atom stereocenters. The number of aryl methyl sites for hydroxylation is 2. The van der Waals surface area contributed by atoms with Crippen molar-refractivity contribution in [2.45, 2.75) is 77.5 Å². The smallest absolute Gasteiger partial charge is 0.237 e. The summed E-state index contributed by atoms with van der Waals surface area (Å²) >= 11 is 1.56. The van der Waals surface area contributed by atoms with Crippen LogP contribution in [0.2, 0.25) is 0 Å². The zero-order chi connectivity index (χ0) is 27.6. The molecule has 6 heteroatoms. The normalized spacial score (nSPS) is 23.0. The topological polar surface area (TPSA) is 67.3 Å². The molecule has 2 aliphatic rings. The van der Waals surface area contributed by atoms with Crippen molar-refractivity contribution >= 4 is 17.9 Å². The fourth-order valence-corrected chi connectivity index (χ4v) is 7.09. The Labute approximate surface area is 238 Å². The molecule has 0 amide bonds.